The second-order valence-electron chi connectivity index (χ2n) is 5.77. The smallest absolute Gasteiger partial charge is 0.408 e. The topological polar surface area (TPSA) is 89.2 Å². The number of rotatable bonds is 6. The van der Waals surface area contributed by atoms with Crippen LogP contribution in [0.1, 0.15) is 16.8 Å². The maximum absolute atomic E-state index is 11.5. The zero-order chi connectivity index (χ0) is 18.5. The maximum Gasteiger partial charge on any atom is 0.408 e. The summed E-state index contributed by atoms with van der Waals surface area (Å²) >= 11 is 0. The van der Waals surface area contributed by atoms with Crippen molar-refractivity contribution in [1.29, 1.82) is 0 Å². The SMILES string of the molecule is C=CCON=C1CN(C(=O)O)Cc2c1cnn2Cc1ccc(OC)cc1. The van der Waals surface area contributed by atoms with Gasteiger partial charge in [-0.15, -0.1) is 0 Å². The molecule has 1 aliphatic heterocycles. The molecule has 8 heteroatoms. The summed E-state index contributed by atoms with van der Waals surface area (Å²) in [7, 11) is 1.62. The van der Waals surface area contributed by atoms with E-state index in [0.717, 1.165) is 22.6 Å². The van der Waals surface area contributed by atoms with Crippen LogP contribution in [0.5, 0.6) is 5.75 Å². The number of hydrogen-bond acceptors (Lipinski definition) is 5. The molecular formula is C18H20N4O4. The van der Waals surface area contributed by atoms with Gasteiger partial charge in [0.2, 0.25) is 0 Å². The van der Waals surface area contributed by atoms with Crippen LogP contribution >= 0.6 is 0 Å². The monoisotopic (exact) mass is 356 g/mol. The van der Waals surface area contributed by atoms with Crippen molar-refractivity contribution in [3.63, 3.8) is 0 Å². The molecular weight excluding hydrogens is 336 g/mol. The van der Waals surface area contributed by atoms with E-state index in [-0.39, 0.29) is 19.7 Å². The van der Waals surface area contributed by atoms with E-state index in [9.17, 15) is 9.90 Å². The molecule has 26 heavy (non-hydrogen) atoms. The molecule has 0 radical (unpaired) electrons. The van der Waals surface area contributed by atoms with Crippen molar-refractivity contribution in [3.8, 4) is 5.75 Å². The number of amides is 1. The van der Waals surface area contributed by atoms with Crippen LogP contribution in [0, 0.1) is 0 Å². The fraction of sp³-hybridized carbons (Fsp3) is 0.278. The van der Waals surface area contributed by atoms with Gasteiger partial charge in [0.25, 0.3) is 0 Å². The molecule has 136 valence electrons. The minimum Gasteiger partial charge on any atom is -0.497 e. The van der Waals surface area contributed by atoms with E-state index in [4.69, 9.17) is 9.57 Å². The molecule has 1 amide bonds. The van der Waals surface area contributed by atoms with Gasteiger partial charge in [0.05, 0.1) is 38.6 Å². The van der Waals surface area contributed by atoms with E-state index in [1.165, 1.54) is 4.90 Å². The van der Waals surface area contributed by atoms with Crippen LogP contribution in [0.15, 0.2) is 48.3 Å². The normalized spacial score (nSPS) is 14.8. The molecule has 0 unspecified atom stereocenters. The molecule has 1 N–H and O–H groups in total. The van der Waals surface area contributed by atoms with Crippen LogP contribution < -0.4 is 4.74 Å². The number of fused-ring (bicyclic) bond motifs is 1. The van der Waals surface area contributed by atoms with Crippen molar-refractivity contribution in [2.45, 2.75) is 13.1 Å². The third-order valence-electron chi connectivity index (χ3n) is 4.07. The van der Waals surface area contributed by atoms with Crippen molar-refractivity contribution in [1.82, 2.24) is 14.7 Å². The lowest BCUT2D eigenvalue weighted by atomic mass is 10.1. The zero-order valence-corrected chi connectivity index (χ0v) is 14.5. The van der Waals surface area contributed by atoms with E-state index in [1.54, 1.807) is 24.1 Å². The average molecular weight is 356 g/mol. The lowest BCUT2D eigenvalue weighted by molar-refractivity contribution is 0.144. The van der Waals surface area contributed by atoms with Crippen LogP contribution in [0.4, 0.5) is 4.79 Å². The van der Waals surface area contributed by atoms with E-state index in [0.29, 0.717) is 12.3 Å². The second kappa shape index (κ2) is 7.73. The highest BCUT2D eigenvalue weighted by atomic mass is 16.6. The summed E-state index contributed by atoms with van der Waals surface area (Å²) < 4.78 is 6.95. The number of oxime groups is 1. The van der Waals surface area contributed by atoms with Gasteiger partial charge < -0.3 is 14.7 Å². The molecule has 1 aromatic carbocycles. The molecule has 3 rings (SSSR count). The van der Waals surface area contributed by atoms with Crippen molar-refractivity contribution in [2.24, 2.45) is 5.16 Å². The van der Waals surface area contributed by atoms with Crippen molar-refractivity contribution >= 4 is 11.8 Å². The quantitative estimate of drug-likeness (QED) is 0.487. The summed E-state index contributed by atoms with van der Waals surface area (Å²) in [6.07, 6.45) is 2.27. The molecule has 1 aliphatic rings. The van der Waals surface area contributed by atoms with Crippen molar-refractivity contribution < 1.29 is 19.5 Å². The number of carboxylic acid groups (broad SMARTS) is 1. The second-order valence-corrected chi connectivity index (χ2v) is 5.77. The summed E-state index contributed by atoms with van der Waals surface area (Å²) in [5.41, 5.74) is 3.16. The first-order valence-electron chi connectivity index (χ1n) is 8.08. The van der Waals surface area contributed by atoms with Gasteiger partial charge in [-0.25, -0.2) is 4.79 Å². The molecule has 0 saturated carbocycles. The van der Waals surface area contributed by atoms with Crippen LogP contribution in [0.25, 0.3) is 0 Å². The Bertz CT molecular complexity index is 826. The standard InChI is InChI=1S/C18H20N4O4/c1-3-8-26-20-16-11-21(18(23)24)12-17-15(16)9-19-22(17)10-13-4-6-14(25-2)7-5-13/h3-7,9H,1,8,10-12H2,2H3,(H,23,24). The number of nitrogens with zero attached hydrogens (tertiary/aromatic N) is 4. The highest BCUT2D eigenvalue weighted by Gasteiger charge is 2.29. The maximum atomic E-state index is 11.5. The number of hydrogen-bond donors (Lipinski definition) is 1. The minimum atomic E-state index is -1.01. The number of benzene rings is 1. The lowest BCUT2D eigenvalue weighted by Gasteiger charge is -2.26. The van der Waals surface area contributed by atoms with Gasteiger partial charge in [-0.2, -0.15) is 5.10 Å². The first-order chi connectivity index (χ1) is 12.6. The Morgan fingerprint density at radius 3 is 2.81 bits per heavy atom. The minimum absolute atomic E-state index is 0.160. The first kappa shape index (κ1) is 17.5. The van der Waals surface area contributed by atoms with Crippen LogP contribution in [-0.4, -0.2) is 51.9 Å². The molecule has 0 atom stereocenters. The summed E-state index contributed by atoms with van der Waals surface area (Å²) in [5, 5.41) is 17.9. The number of ether oxygens (including phenoxy) is 1. The average Bonchev–Trinajstić information content (AvgIpc) is 3.05. The van der Waals surface area contributed by atoms with E-state index in [1.807, 2.05) is 24.3 Å². The van der Waals surface area contributed by atoms with Gasteiger partial charge in [0.15, 0.2) is 0 Å². The van der Waals surface area contributed by atoms with Crippen LogP contribution in [0.2, 0.25) is 0 Å². The van der Waals surface area contributed by atoms with Crippen molar-refractivity contribution in [2.75, 3.05) is 20.3 Å². The largest absolute Gasteiger partial charge is 0.497 e. The van der Waals surface area contributed by atoms with Gasteiger partial charge in [0.1, 0.15) is 18.1 Å². The number of methoxy groups -OCH3 is 1. The highest BCUT2D eigenvalue weighted by molar-refractivity contribution is 6.04. The van der Waals surface area contributed by atoms with Gasteiger partial charge in [-0.05, 0) is 17.7 Å². The Labute approximate surface area is 150 Å². The Morgan fingerprint density at radius 1 is 1.38 bits per heavy atom. The predicted molar refractivity (Wildman–Crippen MR) is 95.4 cm³/mol. The van der Waals surface area contributed by atoms with Crippen molar-refractivity contribution in [3.05, 3.63) is 59.9 Å². The molecule has 0 saturated heterocycles. The fourth-order valence-electron chi connectivity index (χ4n) is 2.74. The van der Waals surface area contributed by atoms with E-state index in [2.05, 4.69) is 16.8 Å². The van der Waals surface area contributed by atoms with Gasteiger partial charge in [0, 0.05) is 5.56 Å². The Morgan fingerprint density at radius 2 is 2.15 bits per heavy atom. The molecule has 1 aromatic heterocycles. The Balaban J connectivity index is 1.88. The molecule has 0 aliphatic carbocycles. The third-order valence-corrected chi connectivity index (χ3v) is 4.07. The van der Waals surface area contributed by atoms with E-state index >= 15 is 0 Å². The Hall–Kier alpha value is -3.29. The molecule has 2 heterocycles. The molecule has 8 nitrogen and oxygen atoms in total. The molecule has 0 fully saturated rings. The fourth-order valence-corrected chi connectivity index (χ4v) is 2.74. The van der Waals surface area contributed by atoms with Gasteiger partial charge in [-0.1, -0.05) is 29.9 Å². The molecule has 2 aromatic rings. The summed E-state index contributed by atoms with van der Waals surface area (Å²) in [4.78, 5) is 17.9. The molecule has 0 bridgehead atoms. The Kier molecular flexibility index (Phi) is 5.21. The molecule has 0 spiro atoms. The summed E-state index contributed by atoms with van der Waals surface area (Å²) in [5.74, 6) is 0.780. The summed E-state index contributed by atoms with van der Waals surface area (Å²) in [6.45, 7) is 4.76. The first-order valence-corrected chi connectivity index (χ1v) is 8.08. The van der Waals surface area contributed by atoms with Gasteiger partial charge >= 0.3 is 6.09 Å². The number of carbonyl (C=O) groups is 1. The van der Waals surface area contributed by atoms with Crippen LogP contribution in [0.3, 0.4) is 0 Å². The van der Waals surface area contributed by atoms with Crippen LogP contribution in [-0.2, 0) is 17.9 Å². The zero-order valence-electron chi connectivity index (χ0n) is 14.5. The highest BCUT2D eigenvalue weighted by Crippen LogP contribution is 2.21. The lowest BCUT2D eigenvalue weighted by Crippen LogP contribution is -2.39. The van der Waals surface area contributed by atoms with E-state index < -0.39 is 6.09 Å². The van der Waals surface area contributed by atoms with Gasteiger partial charge in [-0.3, -0.25) is 9.58 Å². The predicted octanol–water partition coefficient (Wildman–Crippen LogP) is 2.34. The third kappa shape index (κ3) is 3.69. The number of aromatic nitrogens is 2. The summed E-state index contributed by atoms with van der Waals surface area (Å²) in [6, 6.07) is 7.66.